The van der Waals surface area contributed by atoms with Crippen molar-refractivity contribution in [2.75, 3.05) is 36.3 Å². The highest BCUT2D eigenvalue weighted by atomic mass is 32.2. The third-order valence-electron chi connectivity index (χ3n) is 4.81. The number of hydrogen-bond acceptors (Lipinski definition) is 6. The van der Waals surface area contributed by atoms with Crippen molar-refractivity contribution in [2.45, 2.75) is 24.0 Å². The van der Waals surface area contributed by atoms with Crippen LogP contribution in [0.4, 0.5) is 11.5 Å². The summed E-state index contributed by atoms with van der Waals surface area (Å²) in [7, 11) is 1.63. The van der Waals surface area contributed by atoms with E-state index < -0.39 is 0 Å². The third kappa shape index (κ3) is 2.82. The summed E-state index contributed by atoms with van der Waals surface area (Å²) >= 11 is 1.50. The molecular weight excluding hydrogens is 336 g/mol. The second-order valence-corrected chi connectivity index (χ2v) is 6.97. The second-order valence-electron chi connectivity index (χ2n) is 6.20. The molecular formula is C18H20N4O2S. The van der Waals surface area contributed by atoms with Gasteiger partial charge in [0.25, 0.3) is 5.91 Å². The van der Waals surface area contributed by atoms with Crippen molar-refractivity contribution in [3.63, 3.8) is 0 Å². The average molecular weight is 356 g/mol. The summed E-state index contributed by atoms with van der Waals surface area (Å²) < 4.78 is 5.32. The standard InChI is InChI=1S/C18H20N4O2S/c1-24-14-7-3-5-12(9-14)22-11-13-6-4-8-21(13)16-15(17(22)23)10-19-18(20-16)25-2/h3,5,7,9-10,13H,4,6,8,11H2,1-2H3/t13-/m0/s1. The number of aromatic nitrogens is 2. The van der Waals surface area contributed by atoms with Crippen LogP contribution < -0.4 is 14.5 Å². The number of nitrogens with zero attached hydrogens (tertiary/aromatic N) is 4. The lowest BCUT2D eigenvalue weighted by atomic mass is 10.2. The molecule has 25 heavy (non-hydrogen) atoms. The highest BCUT2D eigenvalue weighted by Crippen LogP contribution is 2.34. The Labute approximate surface area is 151 Å². The lowest BCUT2D eigenvalue weighted by Crippen LogP contribution is -2.39. The van der Waals surface area contributed by atoms with E-state index in [2.05, 4.69) is 14.9 Å². The highest BCUT2D eigenvalue weighted by molar-refractivity contribution is 7.98. The van der Waals surface area contributed by atoms with E-state index in [0.717, 1.165) is 36.6 Å². The van der Waals surface area contributed by atoms with Crippen molar-refractivity contribution in [3.05, 3.63) is 36.0 Å². The van der Waals surface area contributed by atoms with Gasteiger partial charge in [-0.3, -0.25) is 4.79 Å². The van der Waals surface area contributed by atoms with E-state index in [1.165, 1.54) is 11.8 Å². The third-order valence-corrected chi connectivity index (χ3v) is 5.37. The number of fused-ring (bicyclic) bond motifs is 3. The molecule has 6 nitrogen and oxygen atoms in total. The molecule has 7 heteroatoms. The van der Waals surface area contributed by atoms with E-state index in [1.807, 2.05) is 35.4 Å². The normalized spacial score (nSPS) is 19.4. The average Bonchev–Trinajstić information content (AvgIpc) is 3.09. The van der Waals surface area contributed by atoms with Gasteiger partial charge in [0.1, 0.15) is 17.1 Å². The summed E-state index contributed by atoms with van der Waals surface area (Å²) in [5.74, 6) is 1.47. The van der Waals surface area contributed by atoms with Gasteiger partial charge in [-0.1, -0.05) is 17.8 Å². The predicted octanol–water partition coefficient (Wildman–Crippen LogP) is 2.84. The lowest BCUT2D eigenvalue weighted by molar-refractivity contribution is 0.0988. The molecule has 130 valence electrons. The fourth-order valence-corrected chi connectivity index (χ4v) is 3.91. The smallest absolute Gasteiger partial charge is 0.263 e. The zero-order valence-electron chi connectivity index (χ0n) is 14.3. The summed E-state index contributed by atoms with van der Waals surface area (Å²) in [6, 6.07) is 7.92. The van der Waals surface area contributed by atoms with Crippen molar-refractivity contribution in [3.8, 4) is 5.75 Å². The molecule has 0 N–H and O–H groups in total. The summed E-state index contributed by atoms with van der Waals surface area (Å²) in [5, 5.41) is 0.701. The number of thioether (sulfide) groups is 1. The van der Waals surface area contributed by atoms with Gasteiger partial charge in [0.2, 0.25) is 0 Å². The molecule has 0 spiro atoms. The number of benzene rings is 1. The highest BCUT2D eigenvalue weighted by Gasteiger charge is 2.37. The van der Waals surface area contributed by atoms with Crippen LogP contribution in [-0.2, 0) is 0 Å². The van der Waals surface area contributed by atoms with Crippen LogP contribution in [0.3, 0.4) is 0 Å². The Balaban J connectivity index is 1.81. The Morgan fingerprint density at radius 3 is 3.04 bits per heavy atom. The molecule has 0 saturated carbocycles. The zero-order valence-corrected chi connectivity index (χ0v) is 15.1. The molecule has 1 atom stereocenters. The zero-order chi connectivity index (χ0) is 17.4. The number of hydrogen-bond donors (Lipinski definition) is 0. The van der Waals surface area contributed by atoms with Crippen LogP contribution in [0.2, 0.25) is 0 Å². The Hall–Kier alpha value is -2.28. The molecule has 3 heterocycles. The van der Waals surface area contributed by atoms with Gasteiger partial charge in [-0.05, 0) is 31.2 Å². The van der Waals surface area contributed by atoms with Crippen molar-refractivity contribution in [1.82, 2.24) is 9.97 Å². The quantitative estimate of drug-likeness (QED) is 0.623. The van der Waals surface area contributed by atoms with E-state index in [4.69, 9.17) is 4.74 Å². The Morgan fingerprint density at radius 2 is 2.24 bits per heavy atom. The first-order valence-corrected chi connectivity index (χ1v) is 9.57. The van der Waals surface area contributed by atoms with Crippen molar-refractivity contribution in [2.24, 2.45) is 0 Å². The molecule has 4 rings (SSSR count). The SMILES string of the molecule is COc1cccc(N2C[C@@H]3CCCN3c3nc(SC)ncc3C2=O)c1. The maximum absolute atomic E-state index is 13.2. The molecule has 0 unspecified atom stereocenters. The topological polar surface area (TPSA) is 58.6 Å². The van der Waals surface area contributed by atoms with E-state index in [-0.39, 0.29) is 11.9 Å². The minimum Gasteiger partial charge on any atom is -0.497 e. The first kappa shape index (κ1) is 16.2. The van der Waals surface area contributed by atoms with Gasteiger partial charge < -0.3 is 14.5 Å². The van der Waals surface area contributed by atoms with E-state index in [9.17, 15) is 4.79 Å². The molecule has 2 aromatic rings. The Morgan fingerprint density at radius 1 is 1.36 bits per heavy atom. The van der Waals surface area contributed by atoms with E-state index in [1.54, 1.807) is 13.3 Å². The molecule has 0 bridgehead atoms. The predicted molar refractivity (Wildman–Crippen MR) is 98.9 cm³/mol. The lowest BCUT2D eigenvalue weighted by Gasteiger charge is -2.27. The van der Waals surface area contributed by atoms with Gasteiger partial charge in [0, 0.05) is 37.1 Å². The number of ether oxygens (including phenoxy) is 1. The molecule has 1 aromatic heterocycles. The van der Waals surface area contributed by atoms with Crippen LogP contribution >= 0.6 is 11.8 Å². The monoisotopic (exact) mass is 356 g/mol. The summed E-state index contributed by atoms with van der Waals surface area (Å²) in [6.07, 6.45) is 5.79. The fourth-order valence-electron chi connectivity index (χ4n) is 3.57. The van der Waals surface area contributed by atoms with Gasteiger partial charge in [-0.25, -0.2) is 9.97 Å². The molecule has 1 aromatic carbocycles. The Kier molecular flexibility index (Phi) is 4.25. The van der Waals surface area contributed by atoms with E-state index in [0.29, 0.717) is 17.3 Å². The summed E-state index contributed by atoms with van der Waals surface area (Å²) in [6.45, 7) is 1.58. The minimum atomic E-state index is -0.0506. The fraction of sp³-hybridized carbons (Fsp3) is 0.389. The largest absolute Gasteiger partial charge is 0.497 e. The summed E-state index contributed by atoms with van der Waals surface area (Å²) in [4.78, 5) is 26.3. The Bertz CT molecular complexity index is 813. The van der Waals surface area contributed by atoms with Crippen LogP contribution in [-0.4, -0.2) is 48.4 Å². The van der Waals surface area contributed by atoms with Gasteiger partial charge in [0.05, 0.1) is 7.11 Å². The molecule has 2 aliphatic rings. The van der Waals surface area contributed by atoms with Crippen LogP contribution in [0, 0.1) is 0 Å². The van der Waals surface area contributed by atoms with E-state index >= 15 is 0 Å². The number of carbonyl (C=O) groups is 1. The second kappa shape index (κ2) is 6.55. The first-order chi connectivity index (χ1) is 12.2. The van der Waals surface area contributed by atoms with Crippen molar-refractivity contribution >= 4 is 29.2 Å². The number of rotatable bonds is 3. The molecule has 1 fully saturated rings. The number of amides is 1. The van der Waals surface area contributed by atoms with Gasteiger partial charge >= 0.3 is 0 Å². The maximum Gasteiger partial charge on any atom is 0.263 e. The van der Waals surface area contributed by atoms with Gasteiger partial charge in [-0.15, -0.1) is 0 Å². The van der Waals surface area contributed by atoms with Crippen molar-refractivity contribution < 1.29 is 9.53 Å². The van der Waals surface area contributed by atoms with Crippen molar-refractivity contribution in [1.29, 1.82) is 0 Å². The maximum atomic E-state index is 13.2. The number of anilines is 2. The minimum absolute atomic E-state index is 0.0506. The van der Waals surface area contributed by atoms with Gasteiger partial charge in [0.15, 0.2) is 5.16 Å². The van der Waals surface area contributed by atoms with Crippen LogP contribution in [0.1, 0.15) is 23.2 Å². The molecule has 1 amide bonds. The molecule has 1 saturated heterocycles. The molecule has 0 radical (unpaired) electrons. The molecule has 2 aliphatic heterocycles. The van der Waals surface area contributed by atoms with Crippen LogP contribution in [0.25, 0.3) is 0 Å². The first-order valence-electron chi connectivity index (χ1n) is 8.35. The van der Waals surface area contributed by atoms with Gasteiger partial charge in [-0.2, -0.15) is 0 Å². The number of carbonyl (C=O) groups excluding carboxylic acids is 1. The molecule has 0 aliphatic carbocycles. The van der Waals surface area contributed by atoms with Crippen LogP contribution in [0.5, 0.6) is 5.75 Å². The number of methoxy groups -OCH3 is 1. The summed E-state index contributed by atoms with van der Waals surface area (Å²) in [5.41, 5.74) is 1.42. The van der Waals surface area contributed by atoms with Crippen LogP contribution in [0.15, 0.2) is 35.6 Å².